The van der Waals surface area contributed by atoms with Gasteiger partial charge in [0.05, 0.1) is 41.8 Å². The van der Waals surface area contributed by atoms with Crippen molar-refractivity contribution in [3.8, 4) is 0 Å². The van der Waals surface area contributed by atoms with Crippen LogP contribution in [0.2, 0.25) is 0 Å². The van der Waals surface area contributed by atoms with Crippen molar-refractivity contribution in [2.45, 2.75) is 95.2 Å². The molecule has 1 saturated heterocycles. The van der Waals surface area contributed by atoms with Crippen LogP contribution < -0.4 is 5.32 Å². The van der Waals surface area contributed by atoms with E-state index in [0.717, 1.165) is 0 Å². The van der Waals surface area contributed by atoms with Crippen molar-refractivity contribution < 1.29 is 53.8 Å². The van der Waals surface area contributed by atoms with E-state index in [1.165, 1.54) is 19.1 Å². The third-order valence-electron chi connectivity index (χ3n) is 13.2. The van der Waals surface area contributed by atoms with E-state index >= 15 is 0 Å². The molecule has 5 N–H and O–H groups in total. The van der Waals surface area contributed by atoms with Crippen LogP contribution in [0.1, 0.15) is 79.8 Å². The molecule has 4 aliphatic rings. The Labute approximate surface area is 325 Å². The standard InChI is InChI=1S/C44H49NO11/c1-24-29(55-39(50)25(2)33(26-15-9-6-10-16-26)45-38(49)27-17-11-7-12-18-27)22-44(53)37(56-40(51)28-19-13-8-14-20-28)35-42(5,30(46)21-31-43(35,52)23-54-31)36(48)34(47)32(24)41(44,3)4/h6-20,25,29-31,33-35,37,46-47,52-53H,21-23H2,1-5H3,(H,45,49). The van der Waals surface area contributed by atoms with Crippen molar-refractivity contribution in [1.29, 1.82) is 0 Å². The summed E-state index contributed by atoms with van der Waals surface area (Å²) in [6, 6.07) is 24.7. The SMILES string of the molecule is CC1=C2C(O)C(=O)C3(C)C(O)CC4OCC4(O)C3C(OC(=O)c3ccccc3)C(O)(CC1OC(=O)C(C)C(NC(=O)c1ccccc1)c1ccccc1)C2(C)C. The van der Waals surface area contributed by atoms with E-state index in [-0.39, 0.29) is 30.6 Å². The normalized spacial score (nSPS) is 34.3. The molecule has 56 heavy (non-hydrogen) atoms. The number of carbonyl (C=O) groups is 4. The maximum absolute atomic E-state index is 14.8. The third kappa shape index (κ3) is 6.10. The van der Waals surface area contributed by atoms with Crippen molar-refractivity contribution in [1.82, 2.24) is 5.32 Å². The summed E-state index contributed by atoms with van der Waals surface area (Å²) in [6.07, 6.45) is -7.80. The maximum atomic E-state index is 14.8. The van der Waals surface area contributed by atoms with Gasteiger partial charge in [-0.25, -0.2) is 4.79 Å². The van der Waals surface area contributed by atoms with Crippen LogP contribution in [-0.4, -0.2) is 92.4 Å². The summed E-state index contributed by atoms with van der Waals surface area (Å²) in [5.74, 6) is -5.31. The molecule has 0 radical (unpaired) electrons. The van der Waals surface area contributed by atoms with Gasteiger partial charge in [-0.2, -0.15) is 0 Å². The third-order valence-corrected chi connectivity index (χ3v) is 13.2. The van der Waals surface area contributed by atoms with Crippen molar-refractivity contribution in [3.63, 3.8) is 0 Å². The molecule has 1 aliphatic heterocycles. The molecule has 3 fully saturated rings. The second-order valence-electron chi connectivity index (χ2n) is 16.6. The van der Waals surface area contributed by atoms with E-state index in [2.05, 4.69) is 5.32 Å². The minimum Gasteiger partial charge on any atom is -0.457 e. The average molecular weight is 768 g/mol. The van der Waals surface area contributed by atoms with Gasteiger partial charge in [0.2, 0.25) is 0 Å². The highest BCUT2D eigenvalue weighted by Gasteiger charge is 2.76. The number of aliphatic hydroxyl groups is 4. The number of ether oxygens (including phenoxy) is 3. The lowest BCUT2D eigenvalue weighted by Gasteiger charge is -2.66. The fourth-order valence-corrected chi connectivity index (χ4v) is 9.73. The summed E-state index contributed by atoms with van der Waals surface area (Å²) in [5, 5.41) is 52.4. The van der Waals surface area contributed by atoms with Crippen LogP contribution in [0.15, 0.2) is 102 Å². The number of esters is 2. The van der Waals surface area contributed by atoms with Crippen molar-refractivity contribution in [2.75, 3.05) is 6.61 Å². The van der Waals surface area contributed by atoms with Crippen molar-refractivity contribution in [3.05, 3.63) is 119 Å². The number of benzene rings is 3. The number of rotatable bonds is 8. The molecule has 11 unspecified atom stereocenters. The van der Waals surface area contributed by atoms with Crippen molar-refractivity contribution in [2.24, 2.45) is 22.7 Å². The predicted molar refractivity (Wildman–Crippen MR) is 202 cm³/mol. The first-order valence-electron chi connectivity index (χ1n) is 19.0. The zero-order valence-corrected chi connectivity index (χ0v) is 32.0. The Morgan fingerprint density at radius 3 is 2.00 bits per heavy atom. The van der Waals surface area contributed by atoms with Crippen LogP contribution in [0.4, 0.5) is 0 Å². The van der Waals surface area contributed by atoms with Gasteiger partial charge >= 0.3 is 11.9 Å². The summed E-state index contributed by atoms with van der Waals surface area (Å²) in [4.78, 5) is 56.5. The Kier molecular flexibility index (Phi) is 10.1. The number of hydrogen-bond acceptors (Lipinski definition) is 11. The van der Waals surface area contributed by atoms with Crippen LogP contribution in [-0.2, 0) is 23.8 Å². The Balaban J connectivity index is 1.31. The summed E-state index contributed by atoms with van der Waals surface area (Å²) in [6.45, 7) is 7.57. The minimum absolute atomic E-state index is 0.0466. The minimum atomic E-state index is -2.22. The van der Waals surface area contributed by atoms with E-state index in [0.29, 0.717) is 16.7 Å². The lowest BCUT2D eigenvalue weighted by Crippen LogP contribution is -2.81. The molecule has 2 saturated carbocycles. The maximum Gasteiger partial charge on any atom is 0.338 e. The van der Waals surface area contributed by atoms with E-state index in [9.17, 15) is 39.6 Å². The largest absolute Gasteiger partial charge is 0.457 e. The van der Waals surface area contributed by atoms with Crippen LogP contribution in [0.3, 0.4) is 0 Å². The summed E-state index contributed by atoms with van der Waals surface area (Å²) < 4.78 is 18.2. The number of amides is 1. The number of ketones is 1. The number of carbonyl (C=O) groups excluding carboxylic acids is 4. The first-order valence-corrected chi connectivity index (χ1v) is 19.0. The fourth-order valence-electron chi connectivity index (χ4n) is 9.73. The summed E-state index contributed by atoms with van der Waals surface area (Å²) >= 11 is 0. The molecule has 1 heterocycles. The highest BCUT2D eigenvalue weighted by Crippen LogP contribution is 2.63. The smallest absolute Gasteiger partial charge is 0.338 e. The molecule has 7 rings (SSSR count). The van der Waals surface area contributed by atoms with E-state index < -0.39 is 94.1 Å². The molecule has 0 spiro atoms. The lowest BCUT2D eigenvalue weighted by atomic mass is 9.44. The predicted octanol–water partition coefficient (Wildman–Crippen LogP) is 3.87. The molecular formula is C44H49NO11. The Bertz CT molecular complexity index is 2040. The van der Waals surface area contributed by atoms with E-state index in [1.807, 2.05) is 6.07 Å². The Hall–Kier alpha value is -4.72. The lowest BCUT2D eigenvalue weighted by molar-refractivity contribution is -0.343. The van der Waals surface area contributed by atoms with E-state index in [1.54, 1.807) is 100 Å². The molecule has 12 heteroatoms. The van der Waals surface area contributed by atoms with Crippen LogP contribution >= 0.6 is 0 Å². The van der Waals surface area contributed by atoms with E-state index in [4.69, 9.17) is 14.2 Å². The first-order chi connectivity index (χ1) is 26.5. The molecule has 11 atom stereocenters. The zero-order chi connectivity index (χ0) is 40.4. The molecule has 12 nitrogen and oxygen atoms in total. The van der Waals surface area contributed by atoms with Gasteiger partial charge in [0.25, 0.3) is 5.91 Å². The molecule has 3 aliphatic carbocycles. The molecule has 3 aromatic rings. The van der Waals surface area contributed by atoms with Gasteiger partial charge in [-0.3, -0.25) is 14.4 Å². The molecule has 296 valence electrons. The Morgan fingerprint density at radius 2 is 1.43 bits per heavy atom. The number of Topliss-reactive ketones (excluding diaryl/α,β-unsaturated/α-hetero) is 1. The summed E-state index contributed by atoms with van der Waals surface area (Å²) in [5.41, 5.74) is -6.02. The second kappa shape index (κ2) is 14.3. The summed E-state index contributed by atoms with van der Waals surface area (Å²) in [7, 11) is 0. The molecule has 0 aromatic heterocycles. The molecule has 2 bridgehead atoms. The second-order valence-corrected chi connectivity index (χ2v) is 16.6. The van der Waals surface area contributed by atoms with Gasteiger partial charge in [-0.05, 0) is 61.7 Å². The molecule has 1 amide bonds. The van der Waals surface area contributed by atoms with Crippen LogP contribution in [0, 0.1) is 22.7 Å². The zero-order valence-electron chi connectivity index (χ0n) is 32.0. The molecular weight excluding hydrogens is 718 g/mol. The highest BCUT2D eigenvalue weighted by atomic mass is 16.6. The number of fused-ring (bicyclic) bond motifs is 5. The first kappa shape index (κ1) is 39.5. The Morgan fingerprint density at radius 1 is 0.857 bits per heavy atom. The van der Waals surface area contributed by atoms with Gasteiger partial charge in [0.1, 0.15) is 29.5 Å². The topological polar surface area (TPSA) is 189 Å². The number of nitrogens with one attached hydrogen (secondary N) is 1. The molecule has 3 aromatic carbocycles. The van der Waals surface area contributed by atoms with Gasteiger partial charge in [0, 0.05) is 29.7 Å². The van der Waals surface area contributed by atoms with Gasteiger partial charge < -0.3 is 40.0 Å². The van der Waals surface area contributed by atoms with Gasteiger partial charge in [-0.15, -0.1) is 0 Å². The van der Waals surface area contributed by atoms with Crippen LogP contribution in [0.25, 0.3) is 0 Å². The average Bonchev–Trinajstić information content (AvgIpc) is 3.19. The van der Waals surface area contributed by atoms with Crippen molar-refractivity contribution >= 4 is 23.6 Å². The monoisotopic (exact) mass is 767 g/mol. The number of aliphatic hydroxyl groups excluding tert-OH is 2. The van der Waals surface area contributed by atoms with Gasteiger partial charge in [0.15, 0.2) is 5.78 Å². The van der Waals surface area contributed by atoms with Gasteiger partial charge in [-0.1, -0.05) is 80.6 Å². The fraction of sp³-hybridized carbons (Fsp3) is 0.455. The highest BCUT2D eigenvalue weighted by molar-refractivity contribution is 5.95. The van der Waals surface area contributed by atoms with Crippen LogP contribution in [0.5, 0.6) is 0 Å². The quantitative estimate of drug-likeness (QED) is 0.165. The number of hydrogen-bond donors (Lipinski definition) is 5.